The molecule has 0 aliphatic heterocycles. The fraction of sp³-hybridized carbons (Fsp3) is 0.133. The van der Waals surface area contributed by atoms with Crippen molar-refractivity contribution in [2.24, 2.45) is 0 Å². The molecule has 2 aromatic heterocycles. The van der Waals surface area contributed by atoms with Gasteiger partial charge in [0.1, 0.15) is 16.7 Å². The number of nitrogens with zero attached hydrogens (tertiary/aromatic N) is 1. The van der Waals surface area contributed by atoms with Crippen LogP contribution in [0, 0.1) is 0 Å². The van der Waals surface area contributed by atoms with Crippen molar-refractivity contribution in [2.75, 3.05) is 0 Å². The second kappa shape index (κ2) is 11.0. The van der Waals surface area contributed by atoms with Crippen molar-refractivity contribution in [1.29, 1.82) is 0 Å². The minimum Gasteiger partial charge on any atom is -0.455 e. The molecule has 3 heteroatoms. The van der Waals surface area contributed by atoms with E-state index >= 15 is 0 Å². The summed E-state index contributed by atoms with van der Waals surface area (Å²) in [5, 5.41) is 7.06. The zero-order valence-corrected chi connectivity index (χ0v) is 27.5. The van der Waals surface area contributed by atoms with Crippen LogP contribution in [0.15, 0.2) is 136 Å². The molecular weight excluding hydrogens is 587 g/mol. The number of oxazole rings is 1. The van der Waals surface area contributed by atoms with Crippen molar-refractivity contribution in [3.63, 3.8) is 0 Å². The van der Waals surface area contributed by atoms with Crippen LogP contribution in [-0.2, 0) is 0 Å². The van der Waals surface area contributed by atoms with Crippen LogP contribution in [0.2, 0.25) is 0 Å². The number of rotatable bonds is 5. The van der Waals surface area contributed by atoms with E-state index in [1.165, 1.54) is 49.4 Å². The van der Waals surface area contributed by atoms with Gasteiger partial charge in [0, 0.05) is 16.3 Å². The first-order chi connectivity index (χ1) is 23.5. The Balaban J connectivity index is 1.25. The maximum absolute atomic E-state index is 6.80. The molecule has 48 heavy (non-hydrogen) atoms. The van der Waals surface area contributed by atoms with Crippen LogP contribution in [0.5, 0.6) is 0 Å². The van der Waals surface area contributed by atoms with Crippen LogP contribution < -0.4 is 0 Å². The Morgan fingerprint density at radius 2 is 1.19 bits per heavy atom. The predicted octanol–water partition coefficient (Wildman–Crippen LogP) is 13.3. The van der Waals surface area contributed by atoms with E-state index in [-0.39, 0.29) is 0 Å². The molecule has 0 N–H and O–H groups in total. The van der Waals surface area contributed by atoms with Gasteiger partial charge in [-0.3, -0.25) is 0 Å². The van der Waals surface area contributed by atoms with Crippen LogP contribution in [0.1, 0.15) is 50.7 Å². The summed E-state index contributed by atoms with van der Waals surface area (Å²) in [6.45, 7) is 9.10. The van der Waals surface area contributed by atoms with Crippen LogP contribution in [0.4, 0.5) is 0 Å². The third kappa shape index (κ3) is 4.38. The Morgan fingerprint density at radius 1 is 0.500 bits per heavy atom. The van der Waals surface area contributed by atoms with Gasteiger partial charge in [-0.1, -0.05) is 137 Å². The van der Waals surface area contributed by atoms with Crippen molar-refractivity contribution >= 4 is 54.6 Å². The van der Waals surface area contributed by atoms with Crippen molar-refractivity contribution in [3.05, 3.63) is 139 Å². The van der Waals surface area contributed by atoms with E-state index in [0.29, 0.717) is 17.7 Å². The maximum atomic E-state index is 6.80. The van der Waals surface area contributed by atoms with Gasteiger partial charge in [0.25, 0.3) is 0 Å². The van der Waals surface area contributed by atoms with Crippen LogP contribution in [0.25, 0.3) is 88.3 Å². The molecule has 3 nitrogen and oxygen atoms in total. The fourth-order valence-corrected chi connectivity index (χ4v) is 7.52. The van der Waals surface area contributed by atoms with Crippen molar-refractivity contribution in [3.8, 4) is 33.7 Å². The van der Waals surface area contributed by atoms with E-state index in [0.717, 1.165) is 44.2 Å². The van der Waals surface area contributed by atoms with E-state index in [9.17, 15) is 0 Å². The highest BCUT2D eigenvalue weighted by atomic mass is 16.4. The van der Waals surface area contributed by atoms with Gasteiger partial charge in [-0.05, 0) is 79.4 Å². The first-order valence-corrected chi connectivity index (χ1v) is 16.9. The summed E-state index contributed by atoms with van der Waals surface area (Å²) in [4.78, 5) is 5.08. The fourth-order valence-electron chi connectivity index (χ4n) is 7.52. The van der Waals surface area contributed by atoms with Gasteiger partial charge in [-0.2, -0.15) is 0 Å². The number of benzene rings is 7. The summed E-state index contributed by atoms with van der Waals surface area (Å²) >= 11 is 0. The summed E-state index contributed by atoms with van der Waals surface area (Å²) in [6, 6.07) is 45.2. The number of para-hydroxylation sites is 2. The lowest BCUT2D eigenvalue weighted by molar-refractivity contribution is 0.616. The van der Waals surface area contributed by atoms with Gasteiger partial charge in [0.05, 0.1) is 5.56 Å². The van der Waals surface area contributed by atoms with Crippen LogP contribution in [0.3, 0.4) is 0 Å². The Bertz CT molecular complexity index is 2640. The predicted molar refractivity (Wildman–Crippen MR) is 201 cm³/mol. The first-order valence-electron chi connectivity index (χ1n) is 16.9. The van der Waals surface area contributed by atoms with Gasteiger partial charge < -0.3 is 8.83 Å². The first kappa shape index (κ1) is 28.5. The lowest BCUT2D eigenvalue weighted by Gasteiger charge is -2.22. The lowest BCUT2D eigenvalue weighted by Crippen LogP contribution is -2.01. The van der Waals surface area contributed by atoms with Crippen molar-refractivity contribution in [2.45, 2.75) is 39.5 Å². The molecule has 232 valence electrons. The van der Waals surface area contributed by atoms with Gasteiger partial charge in [-0.15, -0.1) is 0 Å². The molecule has 9 aromatic rings. The molecule has 0 spiro atoms. The molecule has 0 aliphatic rings. The van der Waals surface area contributed by atoms with Gasteiger partial charge in [-0.25, -0.2) is 4.98 Å². The second-order valence-corrected chi connectivity index (χ2v) is 13.5. The van der Waals surface area contributed by atoms with Crippen molar-refractivity contribution < 1.29 is 8.83 Å². The molecule has 7 aromatic carbocycles. The molecule has 0 fully saturated rings. The SMILES string of the molecule is CC(C)c1cc(-c2ccccc2)cc(C(C)C)c1-c1cccc2nc(-c3cccc4c3oc3ccc5c6ccccc6ccc5c34)oc12. The Hall–Kier alpha value is -5.67. The third-order valence-corrected chi connectivity index (χ3v) is 9.85. The molecule has 0 amide bonds. The van der Waals surface area contributed by atoms with Crippen LogP contribution in [-0.4, -0.2) is 4.98 Å². The number of fused-ring (bicyclic) bond motifs is 8. The normalized spacial score (nSPS) is 12.1. The lowest BCUT2D eigenvalue weighted by atomic mass is 9.82. The van der Waals surface area contributed by atoms with E-state index in [1.54, 1.807) is 0 Å². The number of aromatic nitrogens is 1. The van der Waals surface area contributed by atoms with E-state index in [2.05, 4.69) is 149 Å². The largest absolute Gasteiger partial charge is 0.455 e. The minimum absolute atomic E-state index is 0.315. The Kier molecular flexibility index (Phi) is 6.52. The van der Waals surface area contributed by atoms with E-state index < -0.39 is 0 Å². The standard InChI is InChI=1S/C45H35NO2/c1-26(2)37-24-30(28-12-6-5-7-13-28)25-38(27(3)4)41(37)34-17-11-19-39-44(34)48-45(46-39)36-18-10-16-35-42-33-21-20-29-14-8-9-15-31(29)32(33)22-23-40(42)47-43(35)36/h5-27H,1-4H3. The van der Waals surface area contributed by atoms with Gasteiger partial charge in [0.15, 0.2) is 5.58 Å². The number of hydrogen-bond acceptors (Lipinski definition) is 3. The highest BCUT2D eigenvalue weighted by Gasteiger charge is 2.24. The molecule has 0 atom stereocenters. The average Bonchev–Trinajstić information content (AvgIpc) is 3.73. The van der Waals surface area contributed by atoms with Gasteiger partial charge in [0.2, 0.25) is 5.89 Å². The minimum atomic E-state index is 0.315. The Labute approximate surface area is 279 Å². The highest BCUT2D eigenvalue weighted by molar-refractivity contribution is 6.24. The smallest absolute Gasteiger partial charge is 0.231 e. The molecule has 0 saturated heterocycles. The zero-order chi connectivity index (χ0) is 32.5. The average molecular weight is 622 g/mol. The molecular formula is C45H35NO2. The summed E-state index contributed by atoms with van der Waals surface area (Å²) in [5.74, 6) is 1.19. The number of hydrogen-bond donors (Lipinski definition) is 0. The van der Waals surface area contributed by atoms with Gasteiger partial charge >= 0.3 is 0 Å². The summed E-state index contributed by atoms with van der Waals surface area (Å²) in [6.07, 6.45) is 0. The maximum Gasteiger partial charge on any atom is 0.231 e. The highest BCUT2D eigenvalue weighted by Crippen LogP contribution is 2.45. The van der Waals surface area contributed by atoms with Crippen LogP contribution >= 0.6 is 0 Å². The monoisotopic (exact) mass is 621 g/mol. The Morgan fingerprint density at radius 3 is 1.98 bits per heavy atom. The van der Waals surface area contributed by atoms with E-state index in [4.69, 9.17) is 13.8 Å². The summed E-state index contributed by atoms with van der Waals surface area (Å²) in [5.41, 5.74) is 11.6. The summed E-state index contributed by atoms with van der Waals surface area (Å²) < 4.78 is 13.4. The van der Waals surface area contributed by atoms with Crippen molar-refractivity contribution in [1.82, 2.24) is 4.98 Å². The molecule has 0 radical (unpaired) electrons. The molecule has 0 bridgehead atoms. The molecule has 9 rings (SSSR count). The quantitative estimate of drug-likeness (QED) is 0.180. The third-order valence-electron chi connectivity index (χ3n) is 9.85. The second-order valence-electron chi connectivity index (χ2n) is 13.5. The molecule has 0 aliphatic carbocycles. The topological polar surface area (TPSA) is 39.2 Å². The summed E-state index contributed by atoms with van der Waals surface area (Å²) in [7, 11) is 0. The zero-order valence-electron chi connectivity index (χ0n) is 27.5. The molecule has 0 saturated carbocycles. The molecule has 0 unspecified atom stereocenters. The van der Waals surface area contributed by atoms with E-state index in [1.807, 2.05) is 6.07 Å². The molecule has 2 heterocycles. The number of furan rings is 1.